The molecule has 2 amide bonds. The molecule has 8 heteroatoms. The third kappa shape index (κ3) is 4.20. The summed E-state index contributed by atoms with van der Waals surface area (Å²) in [5.41, 5.74) is 3.19. The second kappa shape index (κ2) is 9.37. The van der Waals surface area contributed by atoms with Gasteiger partial charge in [-0.1, -0.05) is 18.2 Å². The highest BCUT2D eigenvalue weighted by molar-refractivity contribution is 6.08. The van der Waals surface area contributed by atoms with E-state index in [0.29, 0.717) is 29.0 Å². The van der Waals surface area contributed by atoms with Gasteiger partial charge in [-0.2, -0.15) is 0 Å². The van der Waals surface area contributed by atoms with Gasteiger partial charge in [-0.05, 0) is 45.2 Å². The summed E-state index contributed by atoms with van der Waals surface area (Å²) in [6, 6.07) is 9.64. The van der Waals surface area contributed by atoms with Crippen molar-refractivity contribution >= 4 is 22.7 Å². The number of nitrogens with zero attached hydrogens (tertiary/aromatic N) is 2. The Bertz CT molecular complexity index is 1310. The third-order valence-corrected chi connectivity index (χ3v) is 7.05. The number of rotatable bonds is 6. The second-order valence-corrected chi connectivity index (χ2v) is 9.17. The molecule has 0 spiro atoms. The Balaban J connectivity index is 1.67. The minimum absolute atomic E-state index is 0.0512. The van der Waals surface area contributed by atoms with Crippen LogP contribution >= 0.6 is 0 Å². The van der Waals surface area contributed by atoms with Gasteiger partial charge in [-0.25, -0.2) is 0 Å². The summed E-state index contributed by atoms with van der Waals surface area (Å²) in [7, 11) is 3.35. The number of aromatic amines is 1. The fourth-order valence-corrected chi connectivity index (χ4v) is 5.08. The average molecular weight is 465 g/mol. The molecule has 2 aromatic heterocycles. The molecule has 0 aliphatic carbocycles. The Morgan fingerprint density at radius 3 is 2.71 bits per heavy atom. The lowest BCUT2D eigenvalue weighted by atomic mass is 9.89. The molecule has 1 aliphatic rings. The highest BCUT2D eigenvalue weighted by Crippen LogP contribution is 2.35. The van der Waals surface area contributed by atoms with Crippen LogP contribution in [0, 0.1) is 19.8 Å². The predicted octanol–water partition coefficient (Wildman–Crippen LogP) is 3.31. The average Bonchev–Trinajstić information content (AvgIpc) is 3.10. The number of hydrogen-bond acceptors (Lipinski definition) is 4. The summed E-state index contributed by atoms with van der Waals surface area (Å²) in [6.07, 6.45) is 1.42. The number of ether oxygens (including phenoxy) is 1. The normalized spacial score (nSPS) is 17.1. The van der Waals surface area contributed by atoms with Gasteiger partial charge in [0, 0.05) is 48.3 Å². The van der Waals surface area contributed by atoms with Crippen molar-refractivity contribution in [1.29, 1.82) is 0 Å². The van der Waals surface area contributed by atoms with E-state index in [0.717, 1.165) is 29.6 Å². The van der Waals surface area contributed by atoms with Crippen molar-refractivity contribution in [1.82, 2.24) is 19.8 Å². The predicted molar refractivity (Wildman–Crippen MR) is 131 cm³/mol. The molecule has 0 saturated carbocycles. The summed E-state index contributed by atoms with van der Waals surface area (Å²) in [5.74, 6) is 0.555. The number of para-hydroxylation sites is 1. The first-order valence-corrected chi connectivity index (χ1v) is 11.6. The lowest BCUT2D eigenvalue weighted by molar-refractivity contribution is -0.134. The van der Waals surface area contributed by atoms with Gasteiger partial charge < -0.3 is 24.5 Å². The Morgan fingerprint density at radius 2 is 2.00 bits per heavy atom. The number of methoxy groups -OCH3 is 1. The van der Waals surface area contributed by atoms with Crippen molar-refractivity contribution in [2.75, 3.05) is 20.7 Å². The van der Waals surface area contributed by atoms with Crippen LogP contribution in [0.15, 0.2) is 35.1 Å². The van der Waals surface area contributed by atoms with E-state index in [2.05, 4.69) is 21.8 Å². The Morgan fingerprint density at radius 1 is 1.26 bits per heavy atom. The number of piperidine rings is 1. The largest absolute Gasteiger partial charge is 0.496 e. The number of amides is 2. The van der Waals surface area contributed by atoms with E-state index in [-0.39, 0.29) is 35.9 Å². The number of aromatic nitrogens is 2. The van der Waals surface area contributed by atoms with E-state index >= 15 is 0 Å². The Labute approximate surface area is 198 Å². The molecule has 3 aromatic rings. The zero-order valence-corrected chi connectivity index (χ0v) is 20.4. The van der Waals surface area contributed by atoms with Crippen molar-refractivity contribution in [3.63, 3.8) is 0 Å². The van der Waals surface area contributed by atoms with Crippen LogP contribution in [0.25, 0.3) is 10.9 Å². The zero-order valence-electron chi connectivity index (χ0n) is 20.4. The molecule has 2 N–H and O–H groups in total. The fraction of sp³-hybridized carbons (Fsp3) is 0.423. The molecule has 1 aromatic carbocycles. The van der Waals surface area contributed by atoms with Crippen molar-refractivity contribution in [2.24, 2.45) is 5.92 Å². The minimum Gasteiger partial charge on any atom is -0.496 e. The first-order valence-electron chi connectivity index (χ1n) is 11.6. The lowest BCUT2D eigenvalue weighted by Gasteiger charge is -2.34. The molecule has 1 saturated heterocycles. The maximum atomic E-state index is 13.4. The molecule has 4 rings (SSSR count). The van der Waals surface area contributed by atoms with Crippen molar-refractivity contribution in [2.45, 2.75) is 46.2 Å². The Hall–Kier alpha value is -3.55. The lowest BCUT2D eigenvalue weighted by Crippen LogP contribution is -2.38. The van der Waals surface area contributed by atoms with Gasteiger partial charge in [0.05, 0.1) is 24.8 Å². The zero-order chi connectivity index (χ0) is 24.6. The molecule has 0 bridgehead atoms. The monoisotopic (exact) mass is 464 g/mol. The van der Waals surface area contributed by atoms with Crippen LogP contribution in [0.5, 0.6) is 5.75 Å². The van der Waals surface area contributed by atoms with E-state index in [9.17, 15) is 14.4 Å². The van der Waals surface area contributed by atoms with E-state index in [1.165, 1.54) is 7.11 Å². The summed E-state index contributed by atoms with van der Waals surface area (Å²) in [6.45, 7) is 6.65. The van der Waals surface area contributed by atoms with E-state index in [1.54, 1.807) is 17.9 Å². The van der Waals surface area contributed by atoms with Crippen molar-refractivity contribution in [3.05, 3.63) is 63.2 Å². The van der Waals surface area contributed by atoms with Crippen LogP contribution in [0.3, 0.4) is 0 Å². The molecule has 34 heavy (non-hydrogen) atoms. The minimum atomic E-state index is -0.281. The maximum Gasteiger partial charge on any atom is 0.256 e. The van der Waals surface area contributed by atoms with Gasteiger partial charge in [0.15, 0.2) is 0 Å². The number of carbonyl (C=O) groups is 2. The van der Waals surface area contributed by atoms with Crippen LogP contribution in [0.4, 0.5) is 0 Å². The number of benzene rings is 1. The van der Waals surface area contributed by atoms with Gasteiger partial charge in [0.1, 0.15) is 5.75 Å². The molecular weight excluding hydrogens is 432 g/mol. The van der Waals surface area contributed by atoms with Gasteiger partial charge in [-0.3, -0.25) is 14.4 Å². The number of nitrogens with one attached hydrogen (secondary N) is 2. The number of pyridine rings is 1. The SMILES string of the molecule is COc1cc(C)[nH]c(=O)c1CNC(=O)c1c(C)n([C@H](C)C2CCN(C)C(=O)C2)c2ccccc12. The topological polar surface area (TPSA) is 96.4 Å². The molecule has 3 heterocycles. The van der Waals surface area contributed by atoms with Crippen molar-refractivity contribution in [3.8, 4) is 5.75 Å². The summed E-state index contributed by atoms with van der Waals surface area (Å²) in [4.78, 5) is 42.7. The first-order chi connectivity index (χ1) is 16.2. The summed E-state index contributed by atoms with van der Waals surface area (Å²) < 4.78 is 7.54. The van der Waals surface area contributed by atoms with Crippen LogP contribution in [0.2, 0.25) is 0 Å². The van der Waals surface area contributed by atoms with Crippen LogP contribution < -0.4 is 15.6 Å². The standard InChI is InChI=1S/C26H32N4O4/c1-15-12-22(34-5)20(25(32)28-15)14-27-26(33)24-17(3)30(21-9-7-6-8-19(21)24)16(2)18-10-11-29(4)23(31)13-18/h6-9,12,16,18H,10-11,13-14H2,1-5H3,(H,27,33)(H,28,32)/t16-,18?/m1/s1. The highest BCUT2D eigenvalue weighted by atomic mass is 16.5. The molecular formula is C26H32N4O4. The molecule has 1 aliphatic heterocycles. The number of carbonyl (C=O) groups excluding carboxylic acids is 2. The van der Waals surface area contributed by atoms with E-state index in [1.807, 2.05) is 38.2 Å². The second-order valence-electron chi connectivity index (χ2n) is 9.17. The van der Waals surface area contributed by atoms with Crippen LogP contribution in [-0.2, 0) is 11.3 Å². The Kier molecular flexibility index (Phi) is 6.50. The number of H-pyrrole nitrogens is 1. The molecule has 0 radical (unpaired) electrons. The first kappa shape index (κ1) is 23.6. The molecule has 180 valence electrons. The van der Waals surface area contributed by atoms with Crippen LogP contribution in [0.1, 0.15) is 53.1 Å². The van der Waals surface area contributed by atoms with Gasteiger partial charge in [0.2, 0.25) is 5.91 Å². The third-order valence-electron chi connectivity index (χ3n) is 7.05. The molecule has 8 nitrogen and oxygen atoms in total. The maximum absolute atomic E-state index is 13.4. The summed E-state index contributed by atoms with van der Waals surface area (Å²) >= 11 is 0. The van der Waals surface area contributed by atoms with Gasteiger partial charge in [-0.15, -0.1) is 0 Å². The summed E-state index contributed by atoms with van der Waals surface area (Å²) in [5, 5.41) is 3.77. The number of fused-ring (bicyclic) bond motifs is 1. The molecule has 1 unspecified atom stereocenters. The number of aryl methyl sites for hydroxylation is 1. The van der Waals surface area contributed by atoms with E-state index < -0.39 is 0 Å². The highest BCUT2D eigenvalue weighted by Gasteiger charge is 2.31. The molecule has 2 atom stereocenters. The van der Waals surface area contributed by atoms with E-state index in [4.69, 9.17) is 4.74 Å². The fourth-order valence-electron chi connectivity index (χ4n) is 5.08. The number of likely N-dealkylation sites (tertiary alicyclic amines) is 1. The van der Waals surface area contributed by atoms with Gasteiger partial charge >= 0.3 is 0 Å². The van der Waals surface area contributed by atoms with Crippen molar-refractivity contribution < 1.29 is 14.3 Å². The number of hydrogen-bond donors (Lipinski definition) is 2. The molecule has 1 fully saturated rings. The van der Waals surface area contributed by atoms with Gasteiger partial charge in [0.25, 0.3) is 11.5 Å². The quantitative estimate of drug-likeness (QED) is 0.585. The van der Waals surface area contributed by atoms with Crippen LogP contribution in [-0.4, -0.2) is 47.0 Å². The smallest absolute Gasteiger partial charge is 0.256 e.